The van der Waals surface area contributed by atoms with Crippen LogP contribution in [0.25, 0.3) is 0 Å². The summed E-state index contributed by atoms with van der Waals surface area (Å²) in [4.78, 5) is 11.7. The zero-order valence-electron chi connectivity index (χ0n) is 10.5. The molecule has 3 nitrogen and oxygen atoms in total. The highest BCUT2D eigenvalue weighted by Crippen LogP contribution is 2.47. The van der Waals surface area contributed by atoms with Crippen molar-refractivity contribution in [2.24, 2.45) is 5.41 Å². The van der Waals surface area contributed by atoms with Crippen molar-refractivity contribution in [3.05, 3.63) is 11.1 Å². The average Bonchev–Trinajstić information content (AvgIpc) is 2.74. The topological polar surface area (TPSA) is 38.3 Å². The Balaban J connectivity index is 2.19. The number of carbonyl (C=O) groups excluding carboxylic acids is 1. The van der Waals surface area contributed by atoms with Crippen LogP contribution in [0.1, 0.15) is 32.1 Å². The highest BCUT2D eigenvalue weighted by molar-refractivity contribution is 6.29. The van der Waals surface area contributed by atoms with Gasteiger partial charge >= 0.3 is 5.97 Å². The van der Waals surface area contributed by atoms with Gasteiger partial charge in [0.2, 0.25) is 0 Å². The number of terminal acetylenes is 1. The Morgan fingerprint density at radius 2 is 2.56 bits per heavy atom. The highest BCUT2D eigenvalue weighted by atomic mass is 35.5. The molecule has 2 aliphatic rings. The first-order valence-corrected chi connectivity index (χ1v) is 6.62. The molecule has 0 saturated carbocycles. The Bertz CT molecular complexity index is 413. The van der Waals surface area contributed by atoms with E-state index in [9.17, 15) is 4.79 Å². The smallest absolute Gasteiger partial charge is 0.322 e. The summed E-state index contributed by atoms with van der Waals surface area (Å²) in [6, 6.07) is -0.104. The molecule has 0 radical (unpaired) electrons. The van der Waals surface area contributed by atoms with Crippen molar-refractivity contribution in [3.8, 4) is 12.3 Å². The van der Waals surface area contributed by atoms with E-state index >= 15 is 0 Å². The zero-order chi connectivity index (χ0) is 13.2. The molecule has 1 fully saturated rings. The lowest BCUT2D eigenvalue weighted by molar-refractivity contribution is -0.142. The van der Waals surface area contributed by atoms with E-state index in [-0.39, 0.29) is 23.5 Å². The third kappa shape index (κ3) is 2.41. The summed E-state index contributed by atoms with van der Waals surface area (Å²) in [6.07, 6.45) is 11.7. The molecule has 18 heavy (non-hydrogen) atoms. The van der Waals surface area contributed by atoms with Gasteiger partial charge in [-0.25, -0.2) is 0 Å². The van der Waals surface area contributed by atoms with Crippen LogP contribution in [0, 0.1) is 17.8 Å². The van der Waals surface area contributed by atoms with E-state index < -0.39 is 0 Å². The predicted octanol–water partition coefficient (Wildman–Crippen LogP) is 2.21. The van der Waals surface area contributed by atoms with E-state index in [2.05, 4.69) is 11.2 Å². The van der Waals surface area contributed by atoms with Crippen molar-refractivity contribution in [3.63, 3.8) is 0 Å². The Morgan fingerprint density at radius 1 is 1.78 bits per heavy atom. The SMILES string of the molecule is C#CCC[C@@]12CCC(Cl)=C[C@@H]1N[C@H](C(=O)OC)C2. The Kier molecular flexibility index (Phi) is 3.99. The lowest BCUT2D eigenvalue weighted by Crippen LogP contribution is -2.40. The maximum atomic E-state index is 11.7. The summed E-state index contributed by atoms with van der Waals surface area (Å²) in [7, 11) is 1.42. The van der Waals surface area contributed by atoms with Crippen molar-refractivity contribution < 1.29 is 9.53 Å². The summed E-state index contributed by atoms with van der Waals surface area (Å²) in [5.74, 6) is 2.49. The van der Waals surface area contributed by atoms with Crippen LogP contribution in [-0.2, 0) is 9.53 Å². The van der Waals surface area contributed by atoms with Crippen molar-refractivity contribution in [1.29, 1.82) is 0 Å². The summed E-state index contributed by atoms with van der Waals surface area (Å²) in [6.45, 7) is 0. The van der Waals surface area contributed by atoms with Gasteiger partial charge in [-0.05, 0) is 31.1 Å². The fourth-order valence-electron chi connectivity index (χ4n) is 3.10. The number of hydrogen-bond acceptors (Lipinski definition) is 3. The van der Waals surface area contributed by atoms with Crippen LogP contribution in [0.4, 0.5) is 0 Å². The molecule has 2 rings (SSSR count). The van der Waals surface area contributed by atoms with E-state index in [1.165, 1.54) is 7.11 Å². The molecular formula is C14H18ClNO2. The van der Waals surface area contributed by atoms with Crippen molar-refractivity contribution in [2.75, 3.05) is 7.11 Å². The number of esters is 1. The standard InChI is InChI=1S/C14H18ClNO2/c1-3-4-6-14-7-5-10(15)8-12(14)16-11(9-14)13(17)18-2/h1,8,11-12,16H,4-7,9H2,2H3/t11-,12-,14-/m0/s1. The minimum atomic E-state index is -0.239. The molecule has 0 spiro atoms. The second-order valence-electron chi connectivity index (χ2n) is 5.10. The Hall–Kier alpha value is -0.980. The van der Waals surface area contributed by atoms with Crippen molar-refractivity contribution in [2.45, 2.75) is 44.2 Å². The monoisotopic (exact) mass is 267 g/mol. The third-order valence-electron chi connectivity index (χ3n) is 4.11. The molecular weight excluding hydrogens is 250 g/mol. The van der Waals surface area contributed by atoms with Gasteiger partial charge in [0.05, 0.1) is 7.11 Å². The number of halogens is 1. The first-order chi connectivity index (χ1) is 8.61. The van der Waals surface area contributed by atoms with Gasteiger partial charge in [-0.3, -0.25) is 10.1 Å². The second-order valence-corrected chi connectivity index (χ2v) is 5.59. The summed E-state index contributed by atoms with van der Waals surface area (Å²) in [5.41, 5.74) is 0.0591. The van der Waals surface area contributed by atoms with Crippen molar-refractivity contribution >= 4 is 17.6 Å². The van der Waals surface area contributed by atoms with Gasteiger partial charge in [-0.15, -0.1) is 12.3 Å². The summed E-state index contributed by atoms with van der Waals surface area (Å²) >= 11 is 6.11. The molecule has 4 heteroatoms. The zero-order valence-corrected chi connectivity index (χ0v) is 11.3. The second kappa shape index (κ2) is 5.34. The molecule has 1 saturated heterocycles. The quantitative estimate of drug-likeness (QED) is 0.629. The largest absolute Gasteiger partial charge is 0.468 e. The minimum absolute atomic E-state index is 0.0591. The molecule has 1 N–H and O–H groups in total. The van der Waals surface area contributed by atoms with Crippen LogP contribution in [0.3, 0.4) is 0 Å². The van der Waals surface area contributed by atoms with Crippen LogP contribution >= 0.6 is 11.6 Å². The van der Waals surface area contributed by atoms with Crippen LogP contribution < -0.4 is 5.32 Å². The molecule has 1 aliphatic heterocycles. The summed E-state index contributed by atoms with van der Waals surface area (Å²) in [5, 5.41) is 4.19. The van der Waals surface area contributed by atoms with E-state index in [4.69, 9.17) is 22.8 Å². The first kappa shape index (κ1) is 13.5. The summed E-state index contributed by atoms with van der Waals surface area (Å²) < 4.78 is 4.82. The normalized spacial score (nSPS) is 34.4. The Morgan fingerprint density at radius 3 is 3.22 bits per heavy atom. The van der Waals surface area contributed by atoms with Crippen molar-refractivity contribution in [1.82, 2.24) is 5.32 Å². The molecule has 0 aromatic rings. The van der Waals surface area contributed by atoms with E-state index in [0.717, 1.165) is 37.1 Å². The molecule has 0 aromatic carbocycles. The fourth-order valence-corrected chi connectivity index (χ4v) is 3.32. The Labute approximate surface area is 113 Å². The molecule has 0 unspecified atom stereocenters. The van der Waals surface area contributed by atoms with Gasteiger partial charge in [0.15, 0.2) is 0 Å². The number of nitrogens with one attached hydrogen (secondary N) is 1. The number of ether oxygens (including phenoxy) is 1. The molecule has 98 valence electrons. The maximum absolute atomic E-state index is 11.7. The number of rotatable bonds is 3. The van der Waals surface area contributed by atoms with E-state index in [1.54, 1.807) is 0 Å². The van der Waals surface area contributed by atoms with Crippen LogP contribution in [0.15, 0.2) is 11.1 Å². The number of allylic oxidation sites excluding steroid dienone is 1. The lowest BCUT2D eigenvalue weighted by Gasteiger charge is -2.36. The maximum Gasteiger partial charge on any atom is 0.322 e. The number of carbonyl (C=O) groups is 1. The van der Waals surface area contributed by atoms with E-state index in [0.29, 0.717) is 0 Å². The average molecular weight is 268 g/mol. The lowest BCUT2D eigenvalue weighted by atomic mass is 9.70. The van der Waals surface area contributed by atoms with Crippen LogP contribution in [0.5, 0.6) is 0 Å². The molecule has 0 amide bonds. The van der Waals surface area contributed by atoms with Gasteiger partial charge in [0.25, 0.3) is 0 Å². The van der Waals surface area contributed by atoms with Gasteiger partial charge in [-0.1, -0.05) is 17.7 Å². The van der Waals surface area contributed by atoms with Crippen LogP contribution in [-0.4, -0.2) is 25.2 Å². The third-order valence-corrected chi connectivity index (χ3v) is 4.43. The predicted molar refractivity (Wildman–Crippen MR) is 71.0 cm³/mol. The molecule has 1 heterocycles. The van der Waals surface area contributed by atoms with E-state index in [1.807, 2.05) is 6.08 Å². The molecule has 1 aliphatic carbocycles. The molecule has 0 bridgehead atoms. The van der Waals surface area contributed by atoms with Crippen LogP contribution in [0.2, 0.25) is 0 Å². The van der Waals surface area contributed by atoms with Gasteiger partial charge in [0, 0.05) is 17.5 Å². The fraction of sp³-hybridized carbons (Fsp3) is 0.643. The van der Waals surface area contributed by atoms with Gasteiger partial charge in [-0.2, -0.15) is 0 Å². The first-order valence-electron chi connectivity index (χ1n) is 6.25. The highest BCUT2D eigenvalue weighted by Gasteiger charge is 2.49. The van der Waals surface area contributed by atoms with Gasteiger partial charge in [0.1, 0.15) is 6.04 Å². The minimum Gasteiger partial charge on any atom is -0.468 e. The number of methoxy groups -OCH3 is 1. The molecule has 0 aromatic heterocycles. The molecule has 3 atom stereocenters. The van der Waals surface area contributed by atoms with Gasteiger partial charge < -0.3 is 4.74 Å². The number of fused-ring (bicyclic) bond motifs is 1. The number of hydrogen-bond donors (Lipinski definition) is 1.